The third-order valence-corrected chi connectivity index (χ3v) is 3.52. The summed E-state index contributed by atoms with van der Waals surface area (Å²) in [6.07, 6.45) is -0.591. The lowest BCUT2D eigenvalue weighted by molar-refractivity contribution is -0.122. The van der Waals surface area contributed by atoms with Gasteiger partial charge in [-0.1, -0.05) is 29.8 Å². The number of carbonyl (C=O) groups excluding carboxylic acids is 1. The summed E-state index contributed by atoms with van der Waals surface area (Å²) in [4.78, 5) is 12.1. The van der Waals surface area contributed by atoms with Gasteiger partial charge in [-0.2, -0.15) is 0 Å². The largest absolute Gasteiger partial charge is 0.481 e. The Kier molecular flexibility index (Phi) is 4.86. The van der Waals surface area contributed by atoms with Crippen molar-refractivity contribution in [3.8, 4) is 5.75 Å². The molecule has 110 valence electrons. The van der Waals surface area contributed by atoms with Gasteiger partial charge in [0.1, 0.15) is 5.75 Å². The average Bonchev–Trinajstić information content (AvgIpc) is 2.43. The van der Waals surface area contributed by atoms with Gasteiger partial charge in [-0.25, -0.2) is 0 Å². The zero-order valence-electron chi connectivity index (χ0n) is 12.3. The van der Waals surface area contributed by atoms with Crippen LogP contribution in [0.15, 0.2) is 42.5 Å². The van der Waals surface area contributed by atoms with E-state index in [9.17, 15) is 4.79 Å². The molecular formula is C17H18ClNO2. The fourth-order valence-corrected chi connectivity index (χ4v) is 2.04. The van der Waals surface area contributed by atoms with Crippen molar-refractivity contribution in [3.63, 3.8) is 0 Å². The number of ether oxygens (including phenoxy) is 1. The summed E-state index contributed by atoms with van der Waals surface area (Å²) >= 11 is 6.04. The van der Waals surface area contributed by atoms with Gasteiger partial charge in [0, 0.05) is 10.7 Å². The van der Waals surface area contributed by atoms with Crippen molar-refractivity contribution in [1.29, 1.82) is 0 Å². The quantitative estimate of drug-likeness (QED) is 0.911. The number of rotatable bonds is 4. The van der Waals surface area contributed by atoms with Gasteiger partial charge in [-0.15, -0.1) is 0 Å². The smallest absolute Gasteiger partial charge is 0.265 e. The molecule has 1 atom stereocenters. The maximum Gasteiger partial charge on any atom is 0.265 e. The Hall–Kier alpha value is -2.00. The fourth-order valence-electron chi connectivity index (χ4n) is 1.86. The van der Waals surface area contributed by atoms with Crippen LogP contribution in [0.5, 0.6) is 5.75 Å². The van der Waals surface area contributed by atoms with E-state index in [1.807, 2.05) is 50.2 Å². The summed E-state index contributed by atoms with van der Waals surface area (Å²) in [6, 6.07) is 13.0. The van der Waals surface area contributed by atoms with E-state index in [4.69, 9.17) is 16.3 Å². The molecule has 4 heteroatoms. The van der Waals surface area contributed by atoms with Gasteiger partial charge in [0.05, 0.1) is 0 Å². The summed E-state index contributed by atoms with van der Waals surface area (Å²) < 4.78 is 5.64. The van der Waals surface area contributed by atoms with Crippen LogP contribution in [0.2, 0.25) is 5.02 Å². The molecule has 0 aliphatic rings. The number of nitrogens with one attached hydrogen (secondary N) is 1. The standard InChI is InChI=1S/C17H18ClNO2/c1-11-5-4-6-15(9-11)21-13(3)17(20)19-14-8-7-12(2)16(18)10-14/h4-10,13H,1-3H3,(H,19,20)/t13-/m0/s1. The molecular weight excluding hydrogens is 286 g/mol. The number of benzene rings is 2. The Morgan fingerprint density at radius 3 is 2.62 bits per heavy atom. The minimum Gasteiger partial charge on any atom is -0.481 e. The van der Waals surface area contributed by atoms with Crippen molar-refractivity contribution in [1.82, 2.24) is 0 Å². The number of anilines is 1. The molecule has 0 saturated heterocycles. The number of hydrogen-bond acceptors (Lipinski definition) is 2. The van der Waals surface area contributed by atoms with E-state index in [0.717, 1.165) is 11.1 Å². The zero-order chi connectivity index (χ0) is 15.4. The average molecular weight is 304 g/mol. The SMILES string of the molecule is Cc1cccc(O[C@@H](C)C(=O)Nc2ccc(C)c(Cl)c2)c1. The molecule has 0 aliphatic carbocycles. The molecule has 0 heterocycles. The second-order valence-corrected chi connectivity index (χ2v) is 5.44. The maximum absolute atomic E-state index is 12.1. The molecule has 0 spiro atoms. The van der Waals surface area contributed by atoms with Gasteiger partial charge in [0.15, 0.2) is 6.10 Å². The Morgan fingerprint density at radius 2 is 1.95 bits per heavy atom. The van der Waals surface area contributed by atoms with Gasteiger partial charge in [-0.3, -0.25) is 4.79 Å². The third kappa shape index (κ3) is 4.23. The van der Waals surface area contributed by atoms with E-state index in [1.54, 1.807) is 13.0 Å². The van der Waals surface area contributed by atoms with Crippen molar-refractivity contribution in [2.24, 2.45) is 0 Å². The van der Waals surface area contributed by atoms with Crippen LogP contribution in [-0.2, 0) is 4.79 Å². The molecule has 0 aromatic heterocycles. The molecule has 0 aliphatic heterocycles. The molecule has 1 N–H and O–H groups in total. The van der Waals surface area contributed by atoms with E-state index in [-0.39, 0.29) is 5.91 Å². The molecule has 2 aromatic rings. The van der Waals surface area contributed by atoms with Gasteiger partial charge >= 0.3 is 0 Å². The van der Waals surface area contributed by atoms with Crippen LogP contribution in [0.25, 0.3) is 0 Å². The van der Waals surface area contributed by atoms with E-state index in [2.05, 4.69) is 5.32 Å². The Bertz CT molecular complexity index is 655. The highest BCUT2D eigenvalue weighted by Crippen LogP contribution is 2.20. The van der Waals surface area contributed by atoms with Crippen molar-refractivity contribution in [2.45, 2.75) is 26.9 Å². The topological polar surface area (TPSA) is 38.3 Å². The van der Waals surface area contributed by atoms with E-state index >= 15 is 0 Å². The van der Waals surface area contributed by atoms with E-state index in [1.165, 1.54) is 0 Å². The van der Waals surface area contributed by atoms with Crippen molar-refractivity contribution >= 4 is 23.2 Å². The van der Waals surface area contributed by atoms with E-state index < -0.39 is 6.10 Å². The number of aryl methyl sites for hydroxylation is 2. The molecule has 0 saturated carbocycles. The van der Waals surface area contributed by atoms with Crippen molar-refractivity contribution in [2.75, 3.05) is 5.32 Å². The summed E-state index contributed by atoms with van der Waals surface area (Å²) in [7, 11) is 0. The van der Waals surface area contributed by atoms with Crippen LogP contribution in [-0.4, -0.2) is 12.0 Å². The number of hydrogen-bond donors (Lipinski definition) is 1. The normalized spacial score (nSPS) is 11.8. The van der Waals surface area contributed by atoms with Crippen LogP contribution in [0, 0.1) is 13.8 Å². The Morgan fingerprint density at radius 1 is 1.19 bits per heavy atom. The molecule has 0 radical (unpaired) electrons. The third-order valence-electron chi connectivity index (χ3n) is 3.11. The summed E-state index contributed by atoms with van der Waals surface area (Å²) in [5.74, 6) is 0.469. The highest BCUT2D eigenvalue weighted by atomic mass is 35.5. The number of halogens is 1. The highest BCUT2D eigenvalue weighted by Gasteiger charge is 2.15. The first-order valence-electron chi connectivity index (χ1n) is 6.76. The molecule has 3 nitrogen and oxygen atoms in total. The lowest BCUT2D eigenvalue weighted by atomic mass is 10.2. The van der Waals surface area contributed by atoms with Crippen LogP contribution < -0.4 is 10.1 Å². The van der Waals surface area contributed by atoms with Crippen LogP contribution in [0.4, 0.5) is 5.69 Å². The van der Waals surface area contributed by atoms with Crippen molar-refractivity contribution < 1.29 is 9.53 Å². The summed E-state index contributed by atoms with van der Waals surface area (Å²) in [5, 5.41) is 3.42. The minimum atomic E-state index is -0.591. The first-order valence-corrected chi connectivity index (χ1v) is 7.14. The van der Waals surface area contributed by atoms with Gasteiger partial charge in [0.2, 0.25) is 0 Å². The summed E-state index contributed by atoms with van der Waals surface area (Å²) in [6.45, 7) is 5.61. The first-order chi connectivity index (χ1) is 9.95. The molecule has 0 bridgehead atoms. The summed E-state index contributed by atoms with van der Waals surface area (Å²) in [5.41, 5.74) is 2.72. The minimum absolute atomic E-state index is 0.212. The first kappa shape index (κ1) is 15.4. The lowest BCUT2D eigenvalue weighted by Crippen LogP contribution is -2.30. The van der Waals surface area contributed by atoms with Gasteiger partial charge in [0.25, 0.3) is 5.91 Å². The van der Waals surface area contributed by atoms with Crippen LogP contribution in [0.1, 0.15) is 18.1 Å². The number of carbonyl (C=O) groups is 1. The molecule has 0 unspecified atom stereocenters. The monoisotopic (exact) mass is 303 g/mol. The second-order valence-electron chi connectivity index (χ2n) is 5.03. The predicted octanol–water partition coefficient (Wildman–Crippen LogP) is 4.36. The van der Waals surface area contributed by atoms with Crippen LogP contribution >= 0.6 is 11.6 Å². The van der Waals surface area contributed by atoms with Gasteiger partial charge < -0.3 is 10.1 Å². The molecule has 0 fully saturated rings. The Labute approximate surface area is 129 Å². The van der Waals surface area contributed by atoms with Crippen LogP contribution in [0.3, 0.4) is 0 Å². The number of amides is 1. The predicted molar refractivity (Wildman–Crippen MR) is 86.1 cm³/mol. The molecule has 2 rings (SSSR count). The molecule has 1 amide bonds. The van der Waals surface area contributed by atoms with E-state index in [0.29, 0.717) is 16.5 Å². The van der Waals surface area contributed by atoms with Crippen molar-refractivity contribution in [3.05, 3.63) is 58.6 Å². The molecule has 2 aromatic carbocycles. The lowest BCUT2D eigenvalue weighted by Gasteiger charge is -2.15. The van der Waals surface area contributed by atoms with Gasteiger partial charge in [-0.05, 0) is 56.2 Å². The fraction of sp³-hybridized carbons (Fsp3) is 0.235. The zero-order valence-corrected chi connectivity index (χ0v) is 13.1. The molecule has 21 heavy (non-hydrogen) atoms. The highest BCUT2D eigenvalue weighted by molar-refractivity contribution is 6.31. The Balaban J connectivity index is 2.00. The second kappa shape index (κ2) is 6.64. The maximum atomic E-state index is 12.1.